The zero-order valence-corrected chi connectivity index (χ0v) is 12.4. The van der Waals surface area contributed by atoms with Crippen LogP contribution in [-0.2, 0) is 14.8 Å². The number of nitrogens with two attached hydrogens (primary N) is 1. The van der Waals surface area contributed by atoms with Gasteiger partial charge in [-0.2, -0.15) is 0 Å². The zero-order chi connectivity index (χ0) is 16.0. The Kier molecular flexibility index (Phi) is 5.08. The molecular formula is C14H15N3O4S. The maximum Gasteiger partial charge on any atom is 0.264 e. The summed E-state index contributed by atoms with van der Waals surface area (Å²) in [4.78, 5) is 15.2. The summed E-state index contributed by atoms with van der Waals surface area (Å²) in [5.74, 6) is 0.354. The third kappa shape index (κ3) is 4.27. The van der Waals surface area contributed by atoms with Crippen molar-refractivity contribution in [3.8, 4) is 11.5 Å². The number of nitrogens with zero attached hydrogens (tertiary/aromatic N) is 1. The summed E-state index contributed by atoms with van der Waals surface area (Å²) in [5, 5.41) is 0. The fraction of sp³-hybridized carbons (Fsp3) is 0.143. The van der Waals surface area contributed by atoms with Crippen LogP contribution in [0.5, 0.6) is 11.5 Å². The Hall–Kier alpha value is -2.45. The number of rotatable bonds is 6. The second-order valence-corrected chi connectivity index (χ2v) is 6.01. The molecule has 0 saturated carbocycles. The predicted octanol–water partition coefficient (Wildman–Crippen LogP) is 1.03. The molecule has 116 valence electrons. The van der Waals surface area contributed by atoms with Gasteiger partial charge in [0.25, 0.3) is 10.0 Å². The third-order valence-corrected chi connectivity index (χ3v) is 4.01. The number of ether oxygens (including phenoxy) is 1. The molecule has 1 amide bonds. The van der Waals surface area contributed by atoms with Crippen LogP contribution in [0.15, 0.2) is 53.7 Å². The first kappa shape index (κ1) is 15.9. The van der Waals surface area contributed by atoms with Crippen molar-refractivity contribution < 1.29 is 17.9 Å². The summed E-state index contributed by atoms with van der Waals surface area (Å²) in [6.07, 6.45) is 3.10. The fourth-order valence-electron chi connectivity index (χ4n) is 1.62. The number of pyridine rings is 1. The molecule has 0 aliphatic carbocycles. The molecule has 7 nitrogen and oxygen atoms in total. The van der Waals surface area contributed by atoms with Crippen molar-refractivity contribution in [3.05, 3.63) is 48.8 Å². The molecule has 2 rings (SSSR count). The van der Waals surface area contributed by atoms with E-state index in [-0.39, 0.29) is 17.9 Å². The van der Waals surface area contributed by atoms with E-state index in [9.17, 15) is 13.2 Å². The van der Waals surface area contributed by atoms with Crippen LogP contribution >= 0.6 is 0 Å². The third-order valence-electron chi connectivity index (χ3n) is 2.62. The highest BCUT2D eigenvalue weighted by atomic mass is 32.2. The first-order chi connectivity index (χ1) is 10.5. The lowest BCUT2D eigenvalue weighted by atomic mass is 10.3. The molecule has 1 aromatic heterocycles. The summed E-state index contributed by atoms with van der Waals surface area (Å²) < 4.78 is 31.4. The molecule has 0 fully saturated rings. The van der Waals surface area contributed by atoms with Crippen molar-refractivity contribution in [2.45, 2.75) is 11.3 Å². The van der Waals surface area contributed by atoms with Gasteiger partial charge in [-0.05, 0) is 36.4 Å². The van der Waals surface area contributed by atoms with Gasteiger partial charge in [-0.1, -0.05) is 0 Å². The SMILES string of the molecule is NCCC(=O)NS(=O)(=O)c1ccc(Oc2cccnc2)cc1. The maximum atomic E-state index is 12.0. The van der Waals surface area contributed by atoms with E-state index in [2.05, 4.69) is 4.98 Å². The molecule has 8 heteroatoms. The Bertz CT molecular complexity index is 730. The first-order valence-corrected chi connectivity index (χ1v) is 7.93. The number of hydrogen-bond acceptors (Lipinski definition) is 6. The van der Waals surface area contributed by atoms with Crippen molar-refractivity contribution in [1.82, 2.24) is 9.71 Å². The maximum absolute atomic E-state index is 12.0. The van der Waals surface area contributed by atoms with Gasteiger partial charge in [0, 0.05) is 19.2 Å². The lowest BCUT2D eigenvalue weighted by Crippen LogP contribution is -2.31. The van der Waals surface area contributed by atoms with E-state index >= 15 is 0 Å². The highest BCUT2D eigenvalue weighted by molar-refractivity contribution is 7.90. The quantitative estimate of drug-likeness (QED) is 0.822. The van der Waals surface area contributed by atoms with E-state index in [1.807, 2.05) is 4.72 Å². The number of aromatic nitrogens is 1. The first-order valence-electron chi connectivity index (χ1n) is 6.45. The normalized spacial score (nSPS) is 11.0. The van der Waals surface area contributed by atoms with Gasteiger partial charge in [0.2, 0.25) is 5.91 Å². The molecule has 2 aromatic rings. The van der Waals surface area contributed by atoms with E-state index < -0.39 is 15.9 Å². The van der Waals surface area contributed by atoms with Crippen molar-refractivity contribution in [1.29, 1.82) is 0 Å². The molecule has 0 unspecified atom stereocenters. The number of amides is 1. The Morgan fingerprint density at radius 2 is 1.91 bits per heavy atom. The average Bonchev–Trinajstić information content (AvgIpc) is 2.48. The molecule has 0 saturated heterocycles. The van der Waals surface area contributed by atoms with Gasteiger partial charge in [-0.3, -0.25) is 9.78 Å². The van der Waals surface area contributed by atoms with Gasteiger partial charge in [-0.25, -0.2) is 13.1 Å². The molecule has 1 aromatic carbocycles. The van der Waals surface area contributed by atoms with Gasteiger partial charge < -0.3 is 10.5 Å². The number of sulfonamides is 1. The zero-order valence-electron chi connectivity index (χ0n) is 11.6. The van der Waals surface area contributed by atoms with E-state index in [1.165, 1.54) is 30.5 Å². The van der Waals surface area contributed by atoms with Crippen LogP contribution in [0.4, 0.5) is 0 Å². The minimum absolute atomic E-state index is 0.0311. The van der Waals surface area contributed by atoms with E-state index in [0.29, 0.717) is 11.5 Å². The highest BCUT2D eigenvalue weighted by Gasteiger charge is 2.17. The van der Waals surface area contributed by atoms with Crippen LogP contribution < -0.4 is 15.2 Å². The Morgan fingerprint density at radius 3 is 2.50 bits per heavy atom. The lowest BCUT2D eigenvalue weighted by Gasteiger charge is -2.08. The van der Waals surface area contributed by atoms with E-state index in [1.54, 1.807) is 18.3 Å². The van der Waals surface area contributed by atoms with Gasteiger partial charge in [0.05, 0.1) is 11.1 Å². The van der Waals surface area contributed by atoms with Crippen LogP contribution in [0, 0.1) is 0 Å². The average molecular weight is 321 g/mol. The van der Waals surface area contributed by atoms with Crippen LogP contribution in [0.25, 0.3) is 0 Å². The van der Waals surface area contributed by atoms with Crippen molar-refractivity contribution >= 4 is 15.9 Å². The molecule has 1 heterocycles. The number of hydrogen-bond donors (Lipinski definition) is 2. The Balaban J connectivity index is 2.09. The molecule has 0 atom stereocenters. The molecule has 0 radical (unpaired) electrons. The molecule has 0 aliphatic heterocycles. The van der Waals surface area contributed by atoms with Crippen molar-refractivity contribution in [2.75, 3.05) is 6.54 Å². The van der Waals surface area contributed by atoms with Gasteiger partial charge in [0.1, 0.15) is 11.5 Å². The monoisotopic (exact) mass is 321 g/mol. The number of carbonyl (C=O) groups excluding carboxylic acids is 1. The second kappa shape index (κ2) is 7.01. The van der Waals surface area contributed by atoms with Gasteiger partial charge in [-0.15, -0.1) is 0 Å². The Morgan fingerprint density at radius 1 is 1.18 bits per heavy atom. The molecule has 0 spiro atoms. The van der Waals surface area contributed by atoms with Crippen molar-refractivity contribution in [3.63, 3.8) is 0 Å². The summed E-state index contributed by atoms with van der Waals surface area (Å²) in [7, 11) is -3.89. The minimum atomic E-state index is -3.89. The van der Waals surface area contributed by atoms with E-state index in [4.69, 9.17) is 10.5 Å². The van der Waals surface area contributed by atoms with Crippen molar-refractivity contribution in [2.24, 2.45) is 5.73 Å². The standard InChI is InChI=1S/C14H15N3O4S/c15-8-7-14(18)17-22(19,20)13-5-3-11(4-6-13)21-12-2-1-9-16-10-12/h1-6,9-10H,7-8,15H2,(H,17,18). The summed E-state index contributed by atoms with van der Waals surface area (Å²) in [6, 6.07) is 9.14. The smallest absolute Gasteiger partial charge is 0.264 e. The number of nitrogens with one attached hydrogen (secondary N) is 1. The van der Waals surface area contributed by atoms with Crippen LogP contribution in [0.1, 0.15) is 6.42 Å². The largest absolute Gasteiger partial charge is 0.456 e. The second-order valence-electron chi connectivity index (χ2n) is 4.33. The number of benzene rings is 1. The topological polar surface area (TPSA) is 111 Å². The predicted molar refractivity (Wildman–Crippen MR) is 79.8 cm³/mol. The fourth-order valence-corrected chi connectivity index (χ4v) is 2.64. The molecule has 0 bridgehead atoms. The molecule has 3 N–H and O–H groups in total. The lowest BCUT2D eigenvalue weighted by molar-refractivity contribution is -0.119. The Labute approximate surface area is 128 Å². The summed E-state index contributed by atoms with van der Waals surface area (Å²) >= 11 is 0. The summed E-state index contributed by atoms with van der Waals surface area (Å²) in [5.41, 5.74) is 5.20. The van der Waals surface area contributed by atoms with Gasteiger partial charge >= 0.3 is 0 Å². The molecule has 22 heavy (non-hydrogen) atoms. The van der Waals surface area contributed by atoms with Crippen LogP contribution in [0.2, 0.25) is 0 Å². The minimum Gasteiger partial charge on any atom is -0.456 e. The highest BCUT2D eigenvalue weighted by Crippen LogP contribution is 2.21. The molecular weight excluding hydrogens is 306 g/mol. The van der Waals surface area contributed by atoms with E-state index in [0.717, 1.165) is 0 Å². The summed E-state index contributed by atoms with van der Waals surface area (Å²) in [6.45, 7) is 0.0826. The number of carbonyl (C=O) groups is 1. The van der Waals surface area contributed by atoms with Crippen LogP contribution in [-0.4, -0.2) is 25.9 Å². The van der Waals surface area contributed by atoms with Gasteiger partial charge in [0.15, 0.2) is 0 Å². The van der Waals surface area contributed by atoms with Crippen LogP contribution in [0.3, 0.4) is 0 Å². The molecule has 0 aliphatic rings.